The molecule has 2 aromatic rings. The maximum atomic E-state index is 12.3. The molecule has 20 heavy (non-hydrogen) atoms. The summed E-state index contributed by atoms with van der Waals surface area (Å²) in [6.07, 6.45) is 2.53. The van der Waals surface area contributed by atoms with Crippen LogP contribution in [0.4, 0.5) is 0 Å². The summed E-state index contributed by atoms with van der Waals surface area (Å²) in [5.74, 6) is 0.834. The predicted molar refractivity (Wildman–Crippen MR) is 82.0 cm³/mol. The van der Waals surface area contributed by atoms with Gasteiger partial charge in [0.25, 0.3) is 5.91 Å². The molecule has 3 nitrogen and oxygen atoms in total. The van der Waals surface area contributed by atoms with Crippen LogP contribution in [0.2, 0.25) is 0 Å². The van der Waals surface area contributed by atoms with Gasteiger partial charge in [-0.05, 0) is 37.8 Å². The number of nitrogens with zero attached hydrogens (tertiary/aromatic N) is 2. The van der Waals surface area contributed by atoms with Gasteiger partial charge in [0.1, 0.15) is 5.01 Å². The first-order chi connectivity index (χ1) is 9.63. The summed E-state index contributed by atoms with van der Waals surface area (Å²) < 4.78 is 0. The first-order valence-corrected chi connectivity index (χ1v) is 7.79. The lowest BCUT2D eigenvalue weighted by atomic mass is 10.1. The number of aromatic nitrogens is 1. The molecule has 0 N–H and O–H groups in total. The van der Waals surface area contributed by atoms with E-state index in [0.29, 0.717) is 0 Å². The molecule has 0 atom stereocenters. The zero-order chi connectivity index (χ0) is 14.1. The van der Waals surface area contributed by atoms with E-state index in [9.17, 15) is 4.79 Å². The third-order valence-electron chi connectivity index (χ3n) is 3.57. The van der Waals surface area contributed by atoms with E-state index in [1.165, 1.54) is 12.8 Å². The molecule has 0 unspecified atom stereocenters. The molecular weight excluding hydrogens is 268 g/mol. The minimum absolute atomic E-state index is 0.110. The second-order valence-corrected chi connectivity index (χ2v) is 6.36. The minimum Gasteiger partial charge on any atom is -0.341 e. The fourth-order valence-corrected chi connectivity index (χ4v) is 3.04. The zero-order valence-corrected chi connectivity index (χ0v) is 12.6. The highest BCUT2D eigenvalue weighted by molar-refractivity contribution is 7.13. The molecule has 3 rings (SSSR count). The van der Waals surface area contributed by atoms with E-state index in [0.717, 1.165) is 34.3 Å². The van der Waals surface area contributed by atoms with Gasteiger partial charge < -0.3 is 4.90 Å². The van der Waals surface area contributed by atoms with Gasteiger partial charge in [-0.3, -0.25) is 4.79 Å². The fourth-order valence-electron chi connectivity index (χ4n) is 2.23. The van der Waals surface area contributed by atoms with Crippen molar-refractivity contribution in [3.8, 4) is 10.6 Å². The first-order valence-electron chi connectivity index (χ1n) is 6.91. The van der Waals surface area contributed by atoms with Gasteiger partial charge in [-0.15, -0.1) is 11.3 Å². The Morgan fingerprint density at radius 3 is 2.60 bits per heavy atom. The van der Waals surface area contributed by atoms with Crippen molar-refractivity contribution < 1.29 is 4.79 Å². The number of aryl methyl sites for hydroxylation is 1. The number of carbonyl (C=O) groups is 1. The Morgan fingerprint density at radius 2 is 2.05 bits per heavy atom. The Morgan fingerprint density at radius 1 is 1.35 bits per heavy atom. The maximum absolute atomic E-state index is 12.3. The van der Waals surface area contributed by atoms with Crippen LogP contribution >= 0.6 is 11.3 Å². The lowest BCUT2D eigenvalue weighted by Crippen LogP contribution is -2.28. The van der Waals surface area contributed by atoms with Crippen molar-refractivity contribution in [1.29, 1.82) is 0 Å². The van der Waals surface area contributed by atoms with Gasteiger partial charge in [-0.2, -0.15) is 0 Å². The lowest BCUT2D eigenvalue weighted by molar-refractivity contribution is 0.0788. The summed E-state index contributed by atoms with van der Waals surface area (Å²) in [5.41, 5.74) is 2.86. The molecule has 1 aliphatic carbocycles. The van der Waals surface area contributed by atoms with E-state index in [-0.39, 0.29) is 5.91 Å². The van der Waals surface area contributed by atoms with E-state index >= 15 is 0 Å². The maximum Gasteiger partial charge on any atom is 0.253 e. The molecule has 0 spiro atoms. The number of amides is 1. The van der Waals surface area contributed by atoms with Gasteiger partial charge in [-0.1, -0.05) is 12.1 Å². The molecule has 1 amide bonds. The molecule has 1 saturated carbocycles. The standard InChI is InChI=1S/C16H18N2OS/c1-11-10-20-15(17-11)13-5-7-14(8-6-13)16(19)18(2)9-12-3-4-12/h5-8,10,12H,3-4,9H2,1-2H3. The molecule has 1 fully saturated rings. The van der Waals surface area contributed by atoms with Crippen LogP contribution in [0.5, 0.6) is 0 Å². The molecule has 1 heterocycles. The van der Waals surface area contributed by atoms with Gasteiger partial charge in [0.05, 0.1) is 0 Å². The summed E-state index contributed by atoms with van der Waals surface area (Å²) >= 11 is 1.63. The summed E-state index contributed by atoms with van der Waals surface area (Å²) in [6, 6.07) is 7.77. The van der Waals surface area contributed by atoms with Gasteiger partial charge in [-0.25, -0.2) is 4.98 Å². The fraction of sp³-hybridized carbons (Fsp3) is 0.375. The quantitative estimate of drug-likeness (QED) is 0.860. The topological polar surface area (TPSA) is 33.2 Å². The normalized spacial score (nSPS) is 14.3. The van der Waals surface area contributed by atoms with Crippen molar-refractivity contribution in [1.82, 2.24) is 9.88 Å². The molecule has 1 aromatic carbocycles. The van der Waals surface area contributed by atoms with Crippen molar-refractivity contribution in [3.05, 3.63) is 40.9 Å². The molecule has 1 aliphatic rings. The minimum atomic E-state index is 0.110. The average Bonchev–Trinajstić information content (AvgIpc) is 3.17. The van der Waals surface area contributed by atoms with E-state index < -0.39 is 0 Å². The average molecular weight is 286 g/mol. The Hall–Kier alpha value is -1.68. The van der Waals surface area contributed by atoms with E-state index in [2.05, 4.69) is 4.98 Å². The Bertz CT molecular complexity index is 614. The zero-order valence-electron chi connectivity index (χ0n) is 11.8. The van der Waals surface area contributed by atoms with Crippen molar-refractivity contribution >= 4 is 17.2 Å². The molecule has 0 bridgehead atoms. The monoisotopic (exact) mass is 286 g/mol. The summed E-state index contributed by atoms with van der Waals surface area (Å²) in [6.45, 7) is 2.87. The smallest absolute Gasteiger partial charge is 0.253 e. The van der Waals surface area contributed by atoms with Crippen LogP contribution in [0.25, 0.3) is 10.6 Å². The Balaban J connectivity index is 1.73. The van der Waals surface area contributed by atoms with Crippen molar-refractivity contribution in [3.63, 3.8) is 0 Å². The number of carbonyl (C=O) groups excluding carboxylic acids is 1. The van der Waals surface area contributed by atoms with E-state index in [1.54, 1.807) is 11.3 Å². The number of benzene rings is 1. The second kappa shape index (κ2) is 5.37. The van der Waals surface area contributed by atoms with Crippen molar-refractivity contribution in [2.75, 3.05) is 13.6 Å². The molecule has 1 aromatic heterocycles. The predicted octanol–water partition coefficient (Wildman–Crippen LogP) is 3.60. The molecule has 0 saturated heterocycles. The second-order valence-electron chi connectivity index (χ2n) is 5.50. The van der Waals surface area contributed by atoms with Crippen LogP contribution in [0.1, 0.15) is 28.9 Å². The van der Waals surface area contributed by atoms with Crippen molar-refractivity contribution in [2.24, 2.45) is 5.92 Å². The van der Waals surface area contributed by atoms with Crippen LogP contribution in [-0.2, 0) is 0 Å². The highest BCUT2D eigenvalue weighted by atomic mass is 32.1. The van der Waals surface area contributed by atoms with Gasteiger partial charge >= 0.3 is 0 Å². The van der Waals surface area contributed by atoms with E-state index in [4.69, 9.17) is 0 Å². The summed E-state index contributed by atoms with van der Waals surface area (Å²) in [5, 5.41) is 3.05. The van der Waals surface area contributed by atoms with Gasteiger partial charge in [0, 0.05) is 35.8 Å². The van der Waals surface area contributed by atoms with E-state index in [1.807, 2.05) is 48.5 Å². The molecule has 0 aliphatic heterocycles. The third-order valence-corrected chi connectivity index (χ3v) is 4.58. The van der Waals surface area contributed by atoms with Crippen LogP contribution in [-0.4, -0.2) is 29.4 Å². The highest BCUT2D eigenvalue weighted by Gasteiger charge is 2.25. The molecule has 0 radical (unpaired) electrons. The first kappa shape index (κ1) is 13.3. The Kier molecular flexibility index (Phi) is 3.57. The van der Waals surface area contributed by atoms with Crippen molar-refractivity contribution in [2.45, 2.75) is 19.8 Å². The van der Waals surface area contributed by atoms with Gasteiger partial charge in [0.2, 0.25) is 0 Å². The van der Waals surface area contributed by atoms with Crippen LogP contribution in [0, 0.1) is 12.8 Å². The SMILES string of the molecule is Cc1csc(-c2ccc(C(=O)N(C)CC3CC3)cc2)n1. The number of hydrogen-bond acceptors (Lipinski definition) is 3. The number of hydrogen-bond donors (Lipinski definition) is 0. The molecule has 104 valence electrons. The molecular formula is C16H18N2OS. The van der Waals surface area contributed by atoms with Crippen LogP contribution in [0.15, 0.2) is 29.6 Å². The van der Waals surface area contributed by atoms with Crippen LogP contribution in [0.3, 0.4) is 0 Å². The largest absolute Gasteiger partial charge is 0.341 e. The van der Waals surface area contributed by atoms with Gasteiger partial charge in [0.15, 0.2) is 0 Å². The summed E-state index contributed by atoms with van der Waals surface area (Å²) in [4.78, 5) is 18.6. The number of rotatable bonds is 4. The summed E-state index contributed by atoms with van der Waals surface area (Å²) in [7, 11) is 1.89. The lowest BCUT2D eigenvalue weighted by Gasteiger charge is -2.16. The Labute approximate surface area is 123 Å². The van der Waals surface area contributed by atoms with Crippen LogP contribution < -0.4 is 0 Å². The highest BCUT2D eigenvalue weighted by Crippen LogP contribution is 2.30. The third kappa shape index (κ3) is 2.90. The molecule has 4 heteroatoms. The number of thiazole rings is 1.